The van der Waals surface area contributed by atoms with Crippen LogP contribution in [0.25, 0.3) is 10.9 Å². The first kappa shape index (κ1) is 17.1. The number of aromatic nitrogens is 1. The molecule has 1 aliphatic rings. The van der Waals surface area contributed by atoms with Gasteiger partial charge in [-0.1, -0.05) is 18.2 Å². The molecule has 2 aromatic carbocycles. The van der Waals surface area contributed by atoms with Gasteiger partial charge in [-0.3, -0.25) is 0 Å². The Morgan fingerprint density at radius 3 is 2.46 bits per heavy atom. The summed E-state index contributed by atoms with van der Waals surface area (Å²) < 4.78 is 33.2. The summed E-state index contributed by atoms with van der Waals surface area (Å²) >= 11 is 0. The zero-order valence-corrected chi connectivity index (χ0v) is 15.7. The first-order valence-corrected chi connectivity index (χ1v) is 10.2. The maximum Gasteiger partial charge on any atom is 0.240 e. The van der Waals surface area contributed by atoms with E-state index in [4.69, 9.17) is 4.74 Å². The minimum absolute atomic E-state index is 0.122. The van der Waals surface area contributed by atoms with Gasteiger partial charge in [-0.05, 0) is 55.7 Å². The number of para-hydroxylation sites is 1. The largest absolute Gasteiger partial charge is 0.497 e. The SMILES string of the molecule is COc1ccc(S(=O)(=O)NCC2(c3c(C)[nH]c4ccccc34)CC2)cc1. The zero-order chi connectivity index (χ0) is 18.4. The van der Waals surface area contributed by atoms with Crippen LogP contribution in [0.1, 0.15) is 24.1 Å². The molecule has 1 aliphatic carbocycles. The molecule has 0 spiro atoms. The summed E-state index contributed by atoms with van der Waals surface area (Å²) in [5.41, 5.74) is 3.34. The van der Waals surface area contributed by atoms with Gasteiger partial charge in [0.2, 0.25) is 10.0 Å². The molecule has 1 fully saturated rings. The molecule has 136 valence electrons. The van der Waals surface area contributed by atoms with E-state index in [1.807, 2.05) is 12.1 Å². The number of H-pyrrole nitrogens is 1. The fourth-order valence-electron chi connectivity index (χ4n) is 3.70. The maximum atomic E-state index is 12.7. The molecule has 5 nitrogen and oxygen atoms in total. The summed E-state index contributed by atoms with van der Waals surface area (Å²) in [6.07, 6.45) is 1.97. The number of nitrogens with one attached hydrogen (secondary N) is 2. The highest BCUT2D eigenvalue weighted by Gasteiger charge is 2.47. The molecular formula is C20H22N2O3S. The molecule has 3 aromatic rings. The van der Waals surface area contributed by atoms with Crippen LogP contribution in [0.3, 0.4) is 0 Å². The van der Waals surface area contributed by atoms with Crippen molar-refractivity contribution in [2.45, 2.75) is 30.1 Å². The van der Waals surface area contributed by atoms with E-state index in [1.54, 1.807) is 31.4 Å². The first-order chi connectivity index (χ1) is 12.5. The van der Waals surface area contributed by atoms with Crippen LogP contribution in [0, 0.1) is 6.92 Å². The smallest absolute Gasteiger partial charge is 0.240 e. The summed E-state index contributed by atoms with van der Waals surface area (Å²) in [5, 5.41) is 1.19. The van der Waals surface area contributed by atoms with Crippen molar-refractivity contribution < 1.29 is 13.2 Å². The number of hydrogen-bond donors (Lipinski definition) is 2. The van der Waals surface area contributed by atoms with E-state index in [2.05, 4.69) is 28.8 Å². The van der Waals surface area contributed by atoms with Gasteiger partial charge >= 0.3 is 0 Å². The van der Waals surface area contributed by atoms with Crippen LogP contribution in [-0.4, -0.2) is 27.1 Å². The Bertz CT molecular complexity index is 1050. The molecule has 6 heteroatoms. The fourth-order valence-corrected chi connectivity index (χ4v) is 4.82. The third kappa shape index (κ3) is 2.89. The lowest BCUT2D eigenvalue weighted by atomic mass is 9.93. The number of aryl methyl sites for hydroxylation is 1. The van der Waals surface area contributed by atoms with Crippen LogP contribution >= 0.6 is 0 Å². The van der Waals surface area contributed by atoms with E-state index in [0.717, 1.165) is 24.1 Å². The molecule has 26 heavy (non-hydrogen) atoms. The van der Waals surface area contributed by atoms with E-state index >= 15 is 0 Å². The Balaban J connectivity index is 1.59. The average Bonchev–Trinajstić information content (AvgIpc) is 3.35. The molecule has 1 heterocycles. The monoisotopic (exact) mass is 370 g/mol. The number of ether oxygens (including phenoxy) is 1. The second-order valence-electron chi connectivity index (χ2n) is 6.95. The molecule has 1 aromatic heterocycles. The van der Waals surface area contributed by atoms with Gasteiger partial charge in [0.05, 0.1) is 12.0 Å². The summed E-state index contributed by atoms with van der Waals surface area (Å²) in [7, 11) is -1.99. The predicted molar refractivity (Wildman–Crippen MR) is 102 cm³/mol. The zero-order valence-electron chi connectivity index (χ0n) is 14.9. The molecule has 0 unspecified atom stereocenters. The second kappa shape index (κ2) is 6.14. The van der Waals surface area contributed by atoms with E-state index in [-0.39, 0.29) is 10.3 Å². The van der Waals surface area contributed by atoms with Gasteiger partial charge < -0.3 is 9.72 Å². The molecule has 0 saturated heterocycles. The summed E-state index contributed by atoms with van der Waals surface area (Å²) in [4.78, 5) is 3.68. The lowest BCUT2D eigenvalue weighted by Gasteiger charge is -2.17. The van der Waals surface area contributed by atoms with Crippen LogP contribution in [0.2, 0.25) is 0 Å². The normalized spacial score (nSPS) is 15.9. The van der Waals surface area contributed by atoms with Crippen LogP contribution in [0.4, 0.5) is 0 Å². The first-order valence-electron chi connectivity index (χ1n) is 8.67. The molecule has 0 amide bonds. The molecule has 0 atom stereocenters. The topological polar surface area (TPSA) is 71.2 Å². The minimum Gasteiger partial charge on any atom is -0.497 e. The van der Waals surface area contributed by atoms with Crippen molar-refractivity contribution in [2.75, 3.05) is 13.7 Å². The quantitative estimate of drug-likeness (QED) is 0.698. The molecule has 2 N–H and O–H groups in total. The van der Waals surface area contributed by atoms with Crippen molar-refractivity contribution in [1.82, 2.24) is 9.71 Å². The Hall–Kier alpha value is -2.31. The van der Waals surface area contributed by atoms with Crippen molar-refractivity contribution in [3.63, 3.8) is 0 Å². The summed E-state index contributed by atoms with van der Waals surface area (Å²) in [6, 6.07) is 14.6. The fraction of sp³-hybridized carbons (Fsp3) is 0.300. The molecule has 0 bridgehead atoms. The van der Waals surface area contributed by atoms with Gasteiger partial charge in [0.15, 0.2) is 0 Å². The Morgan fingerprint density at radius 1 is 1.12 bits per heavy atom. The van der Waals surface area contributed by atoms with Crippen LogP contribution in [-0.2, 0) is 15.4 Å². The van der Waals surface area contributed by atoms with Crippen molar-refractivity contribution in [2.24, 2.45) is 0 Å². The number of rotatable bonds is 6. The van der Waals surface area contributed by atoms with Gasteiger partial charge in [-0.15, -0.1) is 0 Å². The van der Waals surface area contributed by atoms with Gasteiger partial charge in [-0.25, -0.2) is 13.1 Å². The summed E-state index contributed by atoms with van der Waals surface area (Å²) in [6.45, 7) is 2.47. The second-order valence-corrected chi connectivity index (χ2v) is 8.72. The highest BCUT2D eigenvalue weighted by atomic mass is 32.2. The van der Waals surface area contributed by atoms with Crippen molar-refractivity contribution in [3.05, 3.63) is 59.8 Å². The molecular weight excluding hydrogens is 348 g/mol. The predicted octanol–water partition coefficient (Wildman–Crippen LogP) is 3.50. The number of aromatic amines is 1. The van der Waals surface area contributed by atoms with Crippen molar-refractivity contribution in [1.29, 1.82) is 0 Å². The lowest BCUT2D eigenvalue weighted by molar-refractivity contribution is 0.414. The molecule has 0 aliphatic heterocycles. The number of benzene rings is 2. The summed E-state index contributed by atoms with van der Waals surface area (Å²) in [5.74, 6) is 0.636. The number of methoxy groups -OCH3 is 1. The van der Waals surface area contributed by atoms with E-state index < -0.39 is 10.0 Å². The Labute approximate surface area is 153 Å². The number of hydrogen-bond acceptors (Lipinski definition) is 3. The average molecular weight is 370 g/mol. The van der Waals surface area contributed by atoms with E-state index in [1.165, 1.54) is 10.9 Å². The Kier molecular flexibility index (Phi) is 4.04. The van der Waals surface area contributed by atoms with Gasteiger partial charge in [0.25, 0.3) is 0 Å². The maximum absolute atomic E-state index is 12.7. The van der Waals surface area contributed by atoms with E-state index in [9.17, 15) is 8.42 Å². The molecule has 4 rings (SSSR count). The van der Waals surface area contributed by atoms with Gasteiger partial charge in [0, 0.05) is 28.6 Å². The van der Waals surface area contributed by atoms with E-state index in [0.29, 0.717) is 12.3 Å². The lowest BCUT2D eigenvalue weighted by Crippen LogP contribution is -2.32. The van der Waals surface area contributed by atoms with Crippen LogP contribution < -0.4 is 9.46 Å². The molecule has 1 saturated carbocycles. The van der Waals surface area contributed by atoms with Crippen LogP contribution in [0.15, 0.2) is 53.4 Å². The Morgan fingerprint density at radius 2 is 1.81 bits per heavy atom. The van der Waals surface area contributed by atoms with Gasteiger partial charge in [0.1, 0.15) is 5.75 Å². The van der Waals surface area contributed by atoms with Crippen molar-refractivity contribution >= 4 is 20.9 Å². The number of sulfonamides is 1. The standard InChI is InChI=1S/C20H22N2O3S/c1-14-19(17-5-3-4-6-18(17)22-14)20(11-12-20)13-21-26(23,24)16-9-7-15(25-2)8-10-16/h3-10,21-22H,11-13H2,1-2H3. The van der Waals surface area contributed by atoms with Gasteiger partial charge in [-0.2, -0.15) is 0 Å². The third-order valence-electron chi connectivity index (χ3n) is 5.25. The third-order valence-corrected chi connectivity index (χ3v) is 6.66. The minimum atomic E-state index is -3.55. The van der Waals surface area contributed by atoms with Crippen molar-refractivity contribution in [3.8, 4) is 5.75 Å². The highest BCUT2D eigenvalue weighted by Crippen LogP contribution is 2.51. The van der Waals surface area contributed by atoms with Crippen LogP contribution in [0.5, 0.6) is 5.75 Å². The number of fused-ring (bicyclic) bond motifs is 1. The molecule has 0 radical (unpaired) electrons. The highest BCUT2D eigenvalue weighted by molar-refractivity contribution is 7.89.